The number of alkyl halides is 8. The molecule has 652 valence electrons. The second-order valence-corrected chi connectivity index (χ2v) is 40.3. The summed E-state index contributed by atoms with van der Waals surface area (Å²) in [6.07, 6.45) is 14.1. The van der Waals surface area contributed by atoms with Crippen LogP contribution in [0.5, 0.6) is 0 Å². The van der Waals surface area contributed by atoms with Crippen LogP contribution in [-0.4, -0.2) is 161 Å². The lowest BCUT2D eigenvalue weighted by Crippen LogP contribution is -2.51. The average Bonchev–Trinajstić information content (AvgIpc) is 1.53. The van der Waals surface area contributed by atoms with E-state index in [4.69, 9.17) is 71.1 Å². The third-order valence-corrected chi connectivity index (χ3v) is 29.7. The minimum absolute atomic E-state index is 0.00249. The highest BCUT2D eigenvalue weighted by molar-refractivity contribution is 7.17. The number of carbonyl (C=O) groups is 2. The van der Waals surface area contributed by atoms with Gasteiger partial charge in [0.15, 0.2) is 0 Å². The molecule has 18 rings (SSSR count). The Morgan fingerprint density at radius 1 is 0.558 bits per heavy atom. The van der Waals surface area contributed by atoms with Gasteiger partial charge < -0.3 is 56.0 Å². The first kappa shape index (κ1) is 88.6. The number of fused-ring (bicyclic) bond motifs is 8. The summed E-state index contributed by atoms with van der Waals surface area (Å²) in [5.41, 5.74) is 6.81. The van der Waals surface area contributed by atoms with E-state index in [0.717, 1.165) is 40.5 Å². The Kier molecular flexibility index (Phi) is 25.3. The molecule has 0 radical (unpaired) electrons. The van der Waals surface area contributed by atoms with E-state index >= 15 is 0 Å². The fourth-order valence-corrected chi connectivity index (χ4v) is 24.0. The minimum Gasteiger partial charge on any atom is -0.391 e. The largest absolute Gasteiger partial charge is 0.391 e. The van der Waals surface area contributed by atoms with Crippen molar-refractivity contribution in [3.05, 3.63) is 148 Å². The first-order valence-electron chi connectivity index (χ1n) is 39.8. The number of nitrogens with two attached hydrogens (primary N) is 1. The molecule has 2 unspecified atom stereocenters. The summed E-state index contributed by atoms with van der Waals surface area (Å²) in [4.78, 5) is 27.1. The number of aromatic nitrogens is 14. The van der Waals surface area contributed by atoms with Gasteiger partial charge in [0.2, 0.25) is 11.8 Å². The average molecular weight is 1830 g/mol. The maximum absolute atomic E-state index is 14.5. The molecule has 43 heteroatoms. The van der Waals surface area contributed by atoms with E-state index < -0.39 is 84.5 Å². The van der Waals surface area contributed by atoms with Crippen LogP contribution in [0.4, 0.5) is 35.1 Å². The van der Waals surface area contributed by atoms with Gasteiger partial charge in [-0.05, 0) is 105 Å². The van der Waals surface area contributed by atoms with Gasteiger partial charge in [0.25, 0.3) is 23.7 Å². The van der Waals surface area contributed by atoms with Crippen molar-refractivity contribution in [1.29, 1.82) is 0 Å². The highest BCUT2D eigenvalue weighted by Crippen LogP contribution is 2.60. The van der Waals surface area contributed by atoms with Gasteiger partial charge in [-0.15, -0.1) is 65.7 Å². The number of piperidine rings is 4. The molecule has 2 amide bonds. The molecule has 0 aliphatic carbocycles. The van der Waals surface area contributed by atoms with Crippen LogP contribution in [0.25, 0.3) is 0 Å². The van der Waals surface area contributed by atoms with Crippen LogP contribution in [0.3, 0.4) is 0 Å². The minimum atomic E-state index is -3.05. The molecule has 5 saturated heterocycles. The van der Waals surface area contributed by atoms with Gasteiger partial charge in [-0.25, -0.2) is 9.36 Å². The molecule has 27 nitrogen and oxygen atoms in total. The van der Waals surface area contributed by atoms with Crippen LogP contribution in [0, 0.1) is 12.8 Å². The number of aliphatic hydroxyl groups is 1. The zero-order valence-corrected chi connectivity index (χ0v) is 73.3. The molecule has 0 saturated carbocycles. The number of hydrogen-bond donors (Lipinski definition) is 6. The van der Waals surface area contributed by atoms with E-state index in [0.29, 0.717) is 139 Å². The Balaban J connectivity index is 0.000000125. The first-order chi connectivity index (χ1) is 56.6. The van der Waals surface area contributed by atoms with E-state index in [1.54, 1.807) is 31.1 Å². The molecule has 9 aliphatic rings. The quantitative estimate of drug-likeness (QED) is 0.0520. The fourth-order valence-electron chi connectivity index (χ4n) is 18.2. The molecule has 14 atom stereocenters. The number of aliphatic hydroxyl groups excluding tert-OH is 1. The number of amides is 2. The van der Waals surface area contributed by atoms with E-state index in [-0.39, 0.29) is 94.9 Å². The first-order valence-corrected chi connectivity index (χ1v) is 44.6. The number of likely N-dealkylation sites (tertiary alicyclic amines) is 1. The van der Waals surface area contributed by atoms with Crippen LogP contribution in [0.15, 0.2) is 55.2 Å². The molecule has 9 aromatic rings. The number of hydrogen-bond acceptors (Lipinski definition) is 24. The van der Waals surface area contributed by atoms with E-state index in [9.17, 15) is 49.8 Å². The highest BCUT2D eigenvalue weighted by Gasteiger charge is 2.59. The number of ether oxygens (including phenoxy) is 4. The number of primary amides is 1. The summed E-state index contributed by atoms with van der Waals surface area (Å²) >= 11 is 29.2. The van der Waals surface area contributed by atoms with Crippen LogP contribution < -0.4 is 27.0 Å². The third kappa shape index (κ3) is 18.3. The SMILES string of the molecule is CC(C)N1CC(Cn2cc([C@@H]3C[C@]4(C[C@H](C)N3)OCC(F)(F)c3cc(Cl)sc34)nn2)CC1=O.CCC(O)Cn1cc([C@@H]2C[C@]3(C[C@H](C)N2)OCC(F)(F)c2cc(Cl)sc23)nn1.C[C@H]1C[C@@]2(C[C@@H](c3cn(CCC(N)=O)nn3)N1)OCC(F)(F)c1cc(Cl)sc12.Cc1c(Cn2cc([C@@H]3C[C@]4(C[C@H](C)N3)OCC(F)(F)c3cc(Cl)sc34)nn2)cnn1C. The van der Waals surface area contributed by atoms with Crippen molar-refractivity contribution < 1.29 is 68.8 Å². The van der Waals surface area contributed by atoms with Crippen LogP contribution in [-0.2, 0) is 108 Å². The number of thiophene rings is 4. The van der Waals surface area contributed by atoms with E-state index in [1.807, 2.05) is 90.6 Å². The lowest BCUT2D eigenvalue weighted by Gasteiger charge is -2.47. The molecule has 120 heavy (non-hydrogen) atoms. The summed E-state index contributed by atoms with van der Waals surface area (Å²) in [5, 5.41) is 61.9. The van der Waals surface area contributed by atoms with Crippen LogP contribution >= 0.6 is 91.8 Å². The van der Waals surface area contributed by atoms with Crippen molar-refractivity contribution in [2.24, 2.45) is 18.7 Å². The third-order valence-electron chi connectivity index (χ3n) is 23.9. The number of rotatable bonds is 15. The summed E-state index contributed by atoms with van der Waals surface area (Å²) < 4.78 is 149. The Hall–Kier alpha value is -6.25. The van der Waals surface area contributed by atoms with E-state index in [1.165, 1.54) is 58.3 Å². The van der Waals surface area contributed by atoms with Gasteiger partial charge in [0.1, 0.15) is 48.8 Å². The number of nitrogens with one attached hydrogen (secondary N) is 4. The Labute approximate surface area is 722 Å². The van der Waals surface area contributed by atoms with Crippen LogP contribution in [0.2, 0.25) is 17.3 Å². The molecule has 7 N–H and O–H groups in total. The highest BCUT2D eigenvalue weighted by atomic mass is 35.5. The number of aryl methyl sites for hydroxylation is 2. The second kappa shape index (κ2) is 34.3. The van der Waals surface area contributed by atoms with Gasteiger partial charge in [0.05, 0.1) is 121 Å². The smallest absolute Gasteiger partial charge is 0.297 e. The zero-order valence-electron chi connectivity index (χ0n) is 67.0. The summed E-state index contributed by atoms with van der Waals surface area (Å²) in [7, 11) is 1.90. The van der Waals surface area contributed by atoms with Gasteiger partial charge in [-0.1, -0.05) is 74.2 Å². The van der Waals surface area contributed by atoms with E-state index in [2.05, 4.69) is 67.6 Å². The monoisotopic (exact) mass is 1830 g/mol. The molecule has 9 aromatic heterocycles. The molecular weight excluding hydrogens is 1740 g/mol. The zero-order chi connectivity index (χ0) is 85.7. The standard InChI is InChI=1S/C22H28ClF2N5O2S.C20H23ClF2N6OS.C18H23ClF2N4O2S.C17H20ClF2N5O2S/c1-12(2)30-9-14(4-19(30)31)8-29-10-17(27-28-29)16-7-21(6-13(3)26-16)20-15(5-18(23)33-20)22(24,25)11-32-21;1-11-5-19(18-14(4-17(21)31-18)20(22,23)10-30-19)6-15(25-11)16-9-29(27-26-16)8-13-7-24-28(3)12(13)2;1-3-11(26)7-25-8-14(23-24-25)13-6-17(5-10(2)22-13)16-12(4-15(19)28-16)18(20,21)9-27-17;1-9-5-16(15-10(4-13(18)28-15)17(19,20)8-27-16)6-11(22-9)12-7-25(24-23-12)3-2-14(21)26/h5,10,12-14,16,26H,4,6-9,11H2,1-3H3;4,7,9,11,15,25H,5-6,8,10H2,1-3H3;4,8,10-11,13,22,26H,3,5-7,9H2,1-2H3;4,7,9,11,22H,2-3,5-6,8H2,1H3,(H2,21,26)/t13-,14?,16-,21-;11-,15-,19-;10-,11?,13-,17-;9-,11-,16-/m0000/s1. The maximum atomic E-state index is 14.5. The Bertz CT molecular complexity index is 5190. The second-order valence-electron chi connectivity index (χ2n) is 33.6. The Morgan fingerprint density at radius 3 is 1.24 bits per heavy atom. The van der Waals surface area contributed by atoms with Gasteiger partial charge >= 0.3 is 0 Å². The molecule has 18 heterocycles. The molecular formula is C77H94Cl4F8N20O7S4. The number of halogens is 12. The van der Waals surface area contributed by atoms with Crippen molar-refractivity contribution in [2.75, 3.05) is 33.0 Å². The van der Waals surface area contributed by atoms with Crippen molar-refractivity contribution in [1.82, 2.24) is 95.9 Å². The molecule has 5 fully saturated rings. The summed E-state index contributed by atoms with van der Waals surface area (Å²) in [5.74, 6) is -12.2. The van der Waals surface area contributed by atoms with Crippen molar-refractivity contribution in [2.45, 2.75) is 259 Å². The van der Waals surface area contributed by atoms with Gasteiger partial charge in [-0.3, -0.25) is 23.6 Å². The Morgan fingerprint density at radius 2 is 0.900 bits per heavy atom. The van der Waals surface area contributed by atoms with Crippen molar-refractivity contribution in [3.63, 3.8) is 0 Å². The lowest BCUT2D eigenvalue weighted by molar-refractivity contribution is -0.183. The van der Waals surface area contributed by atoms with Crippen molar-refractivity contribution >= 4 is 104 Å². The molecule has 0 bridgehead atoms. The van der Waals surface area contributed by atoms with Crippen molar-refractivity contribution in [3.8, 4) is 0 Å². The lowest BCUT2D eigenvalue weighted by atomic mass is 9.78. The topological polar surface area (TPSA) is 309 Å². The van der Waals surface area contributed by atoms with Crippen LogP contribution in [0.1, 0.15) is 219 Å². The fraction of sp³-hybridized carbons (Fsp3) is 0.623. The molecule has 0 aromatic carbocycles. The molecule has 4 spiro atoms. The predicted octanol–water partition coefficient (Wildman–Crippen LogP) is 14.3. The summed E-state index contributed by atoms with van der Waals surface area (Å²) in [6, 6.07) is 5.01. The van der Waals surface area contributed by atoms with Gasteiger partial charge in [-0.2, -0.15) is 40.2 Å². The number of carbonyl (C=O) groups excluding carboxylic acids is 2. The predicted molar refractivity (Wildman–Crippen MR) is 434 cm³/mol. The number of nitrogens with zero attached hydrogens (tertiary/aromatic N) is 15. The summed E-state index contributed by atoms with van der Waals surface area (Å²) in [6.45, 7) is 16.0. The maximum Gasteiger partial charge on any atom is 0.297 e. The normalized spacial score (nSPS) is 29.6. The molecule has 9 aliphatic heterocycles. The van der Waals surface area contributed by atoms with Gasteiger partial charge in [0, 0.05) is 148 Å².